The van der Waals surface area contributed by atoms with Crippen molar-refractivity contribution in [3.05, 3.63) is 28.8 Å². The molecule has 2 rings (SSSR count). The van der Waals surface area contributed by atoms with E-state index in [0.717, 1.165) is 11.1 Å². The van der Waals surface area contributed by atoms with E-state index in [4.69, 9.17) is 22.3 Å². The zero-order valence-corrected chi connectivity index (χ0v) is 14.4. The molecule has 0 saturated carbocycles. The van der Waals surface area contributed by atoms with Gasteiger partial charge in [0, 0.05) is 26.8 Å². The summed E-state index contributed by atoms with van der Waals surface area (Å²) in [5.74, 6) is 0.418. The summed E-state index contributed by atoms with van der Waals surface area (Å²) in [5.41, 5.74) is 0.956. The standard InChI is InChI=1S/C13H15Cl2N3O2S/c1-8-9(6-5-7-10(8)14)11-16-17-12(21(15,19)20)18(11)13(2,3)4/h5-7H,1-4H3. The molecular weight excluding hydrogens is 333 g/mol. The third kappa shape index (κ3) is 3.07. The highest BCUT2D eigenvalue weighted by Gasteiger charge is 2.30. The minimum Gasteiger partial charge on any atom is -0.291 e. The van der Waals surface area contributed by atoms with E-state index in [1.807, 2.05) is 33.8 Å². The van der Waals surface area contributed by atoms with E-state index in [2.05, 4.69) is 10.2 Å². The number of halogens is 2. The van der Waals surface area contributed by atoms with Crippen molar-refractivity contribution < 1.29 is 8.42 Å². The minimum absolute atomic E-state index is 0.272. The van der Waals surface area contributed by atoms with Gasteiger partial charge < -0.3 is 0 Å². The molecule has 0 fully saturated rings. The highest BCUT2D eigenvalue weighted by molar-refractivity contribution is 8.13. The van der Waals surface area contributed by atoms with Crippen molar-refractivity contribution in [1.82, 2.24) is 14.8 Å². The summed E-state index contributed by atoms with van der Waals surface area (Å²) >= 11 is 6.13. The van der Waals surface area contributed by atoms with Gasteiger partial charge in [-0.25, -0.2) is 8.42 Å². The molecular formula is C13H15Cl2N3O2S. The van der Waals surface area contributed by atoms with Crippen LogP contribution in [-0.4, -0.2) is 23.2 Å². The van der Waals surface area contributed by atoms with Gasteiger partial charge in [0.25, 0.3) is 14.2 Å². The summed E-state index contributed by atoms with van der Waals surface area (Å²) in [7, 11) is 1.47. The lowest BCUT2D eigenvalue weighted by Gasteiger charge is -2.24. The number of nitrogens with zero attached hydrogens (tertiary/aromatic N) is 3. The van der Waals surface area contributed by atoms with Gasteiger partial charge in [0.2, 0.25) is 0 Å². The van der Waals surface area contributed by atoms with Crippen LogP contribution in [0.15, 0.2) is 23.4 Å². The van der Waals surface area contributed by atoms with Gasteiger partial charge in [0.1, 0.15) is 0 Å². The van der Waals surface area contributed by atoms with Gasteiger partial charge in [-0.15, -0.1) is 10.2 Å². The molecule has 0 bridgehead atoms. The average Bonchev–Trinajstić information content (AvgIpc) is 2.76. The molecule has 0 aliphatic carbocycles. The van der Waals surface area contributed by atoms with Gasteiger partial charge in [-0.2, -0.15) is 0 Å². The van der Waals surface area contributed by atoms with E-state index in [0.29, 0.717) is 10.8 Å². The molecule has 8 heteroatoms. The Bertz CT molecular complexity index is 792. The Labute approximate surface area is 133 Å². The second-order valence-electron chi connectivity index (χ2n) is 5.66. The van der Waals surface area contributed by atoms with Crippen molar-refractivity contribution in [2.24, 2.45) is 0 Å². The lowest BCUT2D eigenvalue weighted by molar-refractivity contribution is 0.367. The zero-order valence-electron chi connectivity index (χ0n) is 12.1. The maximum atomic E-state index is 11.7. The SMILES string of the molecule is Cc1c(Cl)cccc1-c1nnc(S(=O)(=O)Cl)n1C(C)(C)C. The lowest BCUT2D eigenvalue weighted by Crippen LogP contribution is -2.26. The normalized spacial score (nSPS) is 12.7. The summed E-state index contributed by atoms with van der Waals surface area (Å²) in [4.78, 5) is 0. The molecule has 114 valence electrons. The third-order valence-corrected chi connectivity index (χ3v) is 4.55. The molecule has 0 unspecified atom stereocenters. The molecule has 1 heterocycles. The Morgan fingerprint density at radius 1 is 1.19 bits per heavy atom. The van der Waals surface area contributed by atoms with Gasteiger partial charge >= 0.3 is 0 Å². The van der Waals surface area contributed by atoms with Crippen LogP contribution in [-0.2, 0) is 14.6 Å². The van der Waals surface area contributed by atoms with Crippen molar-refractivity contribution in [2.45, 2.75) is 38.4 Å². The maximum absolute atomic E-state index is 11.7. The number of aromatic nitrogens is 3. The molecule has 1 aromatic carbocycles. The predicted octanol–water partition coefficient (Wildman–Crippen LogP) is 3.59. The number of benzene rings is 1. The highest BCUT2D eigenvalue weighted by Crippen LogP contribution is 2.33. The van der Waals surface area contributed by atoms with Crippen LogP contribution in [0.2, 0.25) is 5.02 Å². The van der Waals surface area contributed by atoms with Crippen LogP contribution in [0.3, 0.4) is 0 Å². The second kappa shape index (κ2) is 5.26. The van der Waals surface area contributed by atoms with Crippen molar-refractivity contribution >= 4 is 31.3 Å². The summed E-state index contributed by atoms with van der Waals surface area (Å²) < 4.78 is 24.9. The molecule has 5 nitrogen and oxygen atoms in total. The maximum Gasteiger partial charge on any atom is 0.296 e. The summed E-state index contributed by atoms with van der Waals surface area (Å²) in [6.07, 6.45) is 0. The van der Waals surface area contributed by atoms with Crippen molar-refractivity contribution in [2.75, 3.05) is 0 Å². The molecule has 0 atom stereocenters. The fourth-order valence-electron chi connectivity index (χ4n) is 2.06. The smallest absolute Gasteiger partial charge is 0.291 e. The minimum atomic E-state index is -4.00. The van der Waals surface area contributed by atoms with E-state index in [-0.39, 0.29) is 5.16 Å². The molecule has 0 aliphatic heterocycles. The van der Waals surface area contributed by atoms with Gasteiger partial charge in [-0.1, -0.05) is 23.7 Å². The molecule has 0 amide bonds. The molecule has 0 spiro atoms. The first-order chi connectivity index (χ1) is 9.53. The van der Waals surface area contributed by atoms with Crippen molar-refractivity contribution in [3.8, 4) is 11.4 Å². The van der Waals surface area contributed by atoms with Gasteiger partial charge in [-0.3, -0.25) is 4.57 Å². The second-order valence-corrected chi connectivity index (χ2v) is 8.53. The Morgan fingerprint density at radius 2 is 1.81 bits per heavy atom. The van der Waals surface area contributed by atoms with Gasteiger partial charge in [0.05, 0.1) is 0 Å². The number of hydrogen-bond donors (Lipinski definition) is 0. The van der Waals surface area contributed by atoms with E-state index >= 15 is 0 Å². The molecule has 0 aliphatic rings. The zero-order chi connectivity index (χ0) is 16.0. The van der Waals surface area contributed by atoms with Crippen LogP contribution in [0, 0.1) is 6.92 Å². The quantitative estimate of drug-likeness (QED) is 0.778. The van der Waals surface area contributed by atoms with Crippen molar-refractivity contribution in [3.63, 3.8) is 0 Å². The first-order valence-electron chi connectivity index (χ1n) is 6.19. The summed E-state index contributed by atoms with van der Waals surface area (Å²) in [6.45, 7) is 7.40. The van der Waals surface area contributed by atoms with Gasteiger partial charge in [0.15, 0.2) is 5.82 Å². The van der Waals surface area contributed by atoms with Crippen LogP contribution in [0.1, 0.15) is 26.3 Å². The van der Waals surface area contributed by atoms with E-state index in [1.54, 1.807) is 12.1 Å². The van der Waals surface area contributed by atoms with Crippen LogP contribution in [0.25, 0.3) is 11.4 Å². The molecule has 1 aromatic heterocycles. The van der Waals surface area contributed by atoms with Crippen LogP contribution in [0.4, 0.5) is 0 Å². The van der Waals surface area contributed by atoms with Crippen LogP contribution < -0.4 is 0 Å². The third-order valence-electron chi connectivity index (χ3n) is 3.03. The lowest BCUT2D eigenvalue weighted by atomic mass is 10.1. The Balaban J connectivity index is 2.83. The number of hydrogen-bond acceptors (Lipinski definition) is 4. The van der Waals surface area contributed by atoms with Crippen LogP contribution >= 0.6 is 22.3 Å². The Morgan fingerprint density at radius 3 is 2.33 bits per heavy atom. The summed E-state index contributed by atoms with van der Waals surface area (Å²) in [6, 6.07) is 5.36. The van der Waals surface area contributed by atoms with Gasteiger partial charge in [-0.05, 0) is 39.3 Å². The monoisotopic (exact) mass is 347 g/mol. The first-order valence-corrected chi connectivity index (χ1v) is 8.88. The molecule has 2 aromatic rings. The Hall–Kier alpha value is -1.11. The molecule has 0 radical (unpaired) electrons. The largest absolute Gasteiger partial charge is 0.296 e. The fraction of sp³-hybridized carbons (Fsp3) is 0.385. The van der Waals surface area contributed by atoms with Crippen LogP contribution in [0.5, 0.6) is 0 Å². The topological polar surface area (TPSA) is 64.8 Å². The molecule has 0 N–H and O–H groups in total. The van der Waals surface area contributed by atoms with E-state index in [9.17, 15) is 8.42 Å². The number of rotatable bonds is 2. The fourth-order valence-corrected chi connectivity index (χ4v) is 3.25. The highest BCUT2D eigenvalue weighted by atomic mass is 35.7. The van der Waals surface area contributed by atoms with Crippen molar-refractivity contribution in [1.29, 1.82) is 0 Å². The molecule has 0 saturated heterocycles. The van der Waals surface area contributed by atoms with E-state index < -0.39 is 14.6 Å². The predicted molar refractivity (Wildman–Crippen MR) is 83.2 cm³/mol. The first kappa shape index (κ1) is 16.3. The van der Waals surface area contributed by atoms with E-state index in [1.165, 1.54) is 4.57 Å². The molecule has 21 heavy (non-hydrogen) atoms. The Kier molecular flexibility index (Phi) is 4.08. The average molecular weight is 348 g/mol. The summed E-state index contributed by atoms with van der Waals surface area (Å²) in [5, 5.41) is 8.07.